The molecule has 2 aromatic heterocycles. The molecule has 2 rings (SSSR count). The standard InChI is InChI=1S/C12H13F3N4O4S/c1-3-24(22,23)10-8(11(20)21)17-9(18(10)2)7-4-16-19(5-7)6-12(13,14)15/h4-5H,3,6H2,1-2H3,(H,20,21). The van der Waals surface area contributed by atoms with E-state index in [1.165, 1.54) is 14.0 Å². The molecule has 0 unspecified atom stereocenters. The van der Waals surface area contributed by atoms with E-state index in [0.29, 0.717) is 4.68 Å². The second-order valence-electron chi connectivity index (χ2n) is 4.90. The van der Waals surface area contributed by atoms with Crippen LogP contribution in [0.3, 0.4) is 0 Å². The quantitative estimate of drug-likeness (QED) is 0.856. The topological polar surface area (TPSA) is 107 Å². The number of carbonyl (C=O) groups is 1. The lowest BCUT2D eigenvalue weighted by Gasteiger charge is -2.06. The van der Waals surface area contributed by atoms with E-state index in [2.05, 4.69) is 10.1 Å². The van der Waals surface area contributed by atoms with Crippen molar-refractivity contribution in [3.63, 3.8) is 0 Å². The molecule has 1 N–H and O–H groups in total. The summed E-state index contributed by atoms with van der Waals surface area (Å²) >= 11 is 0. The van der Waals surface area contributed by atoms with Crippen LogP contribution in [0.2, 0.25) is 0 Å². The van der Waals surface area contributed by atoms with Gasteiger partial charge in [0.1, 0.15) is 12.4 Å². The summed E-state index contributed by atoms with van der Waals surface area (Å²) in [6.45, 7) is 0.0122. The first-order valence-corrected chi connectivity index (χ1v) is 8.24. The highest BCUT2D eigenvalue weighted by atomic mass is 32.2. The lowest BCUT2D eigenvalue weighted by Crippen LogP contribution is -2.17. The number of imidazole rings is 1. The van der Waals surface area contributed by atoms with Gasteiger partial charge in [-0.1, -0.05) is 6.92 Å². The smallest absolute Gasteiger partial charge is 0.408 e. The fourth-order valence-electron chi connectivity index (χ4n) is 2.12. The molecule has 132 valence electrons. The van der Waals surface area contributed by atoms with Crippen LogP contribution in [-0.4, -0.2) is 50.8 Å². The fraction of sp³-hybridized carbons (Fsp3) is 0.417. The first-order valence-electron chi connectivity index (χ1n) is 6.58. The first-order chi connectivity index (χ1) is 11.0. The number of sulfone groups is 1. The maximum atomic E-state index is 12.4. The Morgan fingerprint density at radius 1 is 1.38 bits per heavy atom. The van der Waals surface area contributed by atoms with E-state index in [9.17, 15) is 26.4 Å². The summed E-state index contributed by atoms with van der Waals surface area (Å²) in [7, 11) is -2.63. The lowest BCUT2D eigenvalue weighted by molar-refractivity contribution is -0.142. The molecule has 2 heterocycles. The number of alkyl halides is 3. The second kappa shape index (κ2) is 5.92. The van der Waals surface area contributed by atoms with Crippen molar-refractivity contribution in [3.8, 4) is 11.4 Å². The van der Waals surface area contributed by atoms with Crippen LogP contribution < -0.4 is 0 Å². The zero-order chi connectivity index (χ0) is 18.3. The molecule has 0 aliphatic carbocycles. The molecule has 0 radical (unpaired) electrons. The maximum absolute atomic E-state index is 12.4. The average molecular weight is 366 g/mol. The molecule has 0 aliphatic heterocycles. The van der Waals surface area contributed by atoms with Crippen molar-refractivity contribution in [1.29, 1.82) is 0 Å². The fourth-order valence-corrected chi connectivity index (χ4v) is 3.33. The number of nitrogens with zero attached hydrogens (tertiary/aromatic N) is 4. The minimum Gasteiger partial charge on any atom is -0.476 e. The van der Waals surface area contributed by atoms with Crippen LogP contribution in [0.1, 0.15) is 17.4 Å². The SMILES string of the molecule is CCS(=O)(=O)c1c(C(=O)O)nc(-c2cnn(CC(F)(F)F)c2)n1C. The van der Waals surface area contributed by atoms with Crippen molar-refractivity contribution < 1.29 is 31.5 Å². The highest BCUT2D eigenvalue weighted by Gasteiger charge is 2.31. The zero-order valence-corrected chi connectivity index (χ0v) is 13.4. The van der Waals surface area contributed by atoms with Crippen molar-refractivity contribution >= 4 is 15.8 Å². The number of carboxylic acids is 1. The van der Waals surface area contributed by atoms with Crippen molar-refractivity contribution in [1.82, 2.24) is 19.3 Å². The predicted octanol–water partition coefficient (Wildman–Crippen LogP) is 1.34. The van der Waals surface area contributed by atoms with Crippen LogP contribution in [0, 0.1) is 0 Å². The molecule has 12 heteroatoms. The Labute approximate surface area is 134 Å². The van der Waals surface area contributed by atoms with Gasteiger partial charge in [-0.25, -0.2) is 18.2 Å². The summed E-state index contributed by atoms with van der Waals surface area (Å²) in [6, 6.07) is 0. The van der Waals surface area contributed by atoms with E-state index in [-0.39, 0.29) is 17.1 Å². The Morgan fingerprint density at radius 3 is 2.50 bits per heavy atom. The lowest BCUT2D eigenvalue weighted by atomic mass is 10.3. The minimum absolute atomic E-state index is 0.0711. The summed E-state index contributed by atoms with van der Waals surface area (Å²) in [6.07, 6.45) is -2.40. The number of rotatable bonds is 5. The van der Waals surface area contributed by atoms with Gasteiger partial charge in [-0.3, -0.25) is 4.68 Å². The number of aromatic carboxylic acids is 1. The Kier molecular flexibility index (Phi) is 4.44. The largest absolute Gasteiger partial charge is 0.476 e. The molecule has 0 aliphatic rings. The van der Waals surface area contributed by atoms with Crippen LogP contribution >= 0.6 is 0 Å². The molecular formula is C12H13F3N4O4S. The number of halogens is 3. The van der Waals surface area contributed by atoms with E-state index in [1.54, 1.807) is 0 Å². The third-order valence-electron chi connectivity index (χ3n) is 3.15. The average Bonchev–Trinajstić information content (AvgIpc) is 3.01. The van der Waals surface area contributed by atoms with Crippen LogP contribution in [0.15, 0.2) is 17.4 Å². The molecule has 0 atom stereocenters. The van der Waals surface area contributed by atoms with Gasteiger partial charge in [0.2, 0.25) is 0 Å². The first kappa shape index (κ1) is 18.0. The van der Waals surface area contributed by atoms with E-state index < -0.39 is 39.2 Å². The van der Waals surface area contributed by atoms with Crippen LogP contribution in [0.5, 0.6) is 0 Å². The van der Waals surface area contributed by atoms with Crippen molar-refractivity contribution in [3.05, 3.63) is 18.1 Å². The van der Waals surface area contributed by atoms with Crippen molar-refractivity contribution in [2.45, 2.75) is 24.7 Å². The Hall–Kier alpha value is -2.37. The summed E-state index contributed by atoms with van der Waals surface area (Å²) in [5, 5.41) is 12.2. The third-order valence-corrected chi connectivity index (χ3v) is 4.97. The van der Waals surface area contributed by atoms with E-state index in [1.807, 2.05) is 0 Å². The molecule has 0 bridgehead atoms. The molecule has 0 fully saturated rings. The maximum Gasteiger partial charge on any atom is 0.408 e. The Morgan fingerprint density at radius 2 is 2.00 bits per heavy atom. The molecule has 0 saturated carbocycles. The number of hydrogen-bond acceptors (Lipinski definition) is 5. The van der Waals surface area contributed by atoms with Gasteiger partial charge in [0, 0.05) is 13.2 Å². The molecule has 0 saturated heterocycles. The molecule has 0 amide bonds. The number of hydrogen-bond donors (Lipinski definition) is 1. The van der Waals surface area contributed by atoms with E-state index >= 15 is 0 Å². The Balaban J connectivity index is 2.57. The summed E-state index contributed by atoms with van der Waals surface area (Å²) in [5.74, 6) is -2.00. The van der Waals surface area contributed by atoms with Gasteiger partial charge in [0.15, 0.2) is 20.6 Å². The van der Waals surface area contributed by atoms with Crippen molar-refractivity contribution in [2.75, 3.05) is 5.75 Å². The monoisotopic (exact) mass is 366 g/mol. The van der Waals surface area contributed by atoms with E-state index in [0.717, 1.165) is 17.0 Å². The third kappa shape index (κ3) is 3.42. The molecule has 0 aromatic carbocycles. The summed E-state index contributed by atoms with van der Waals surface area (Å²) in [4.78, 5) is 15.0. The zero-order valence-electron chi connectivity index (χ0n) is 12.6. The van der Waals surface area contributed by atoms with Gasteiger partial charge in [0.05, 0.1) is 17.5 Å². The van der Waals surface area contributed by atoms with Gasteiger partial charge < -0.3 is 9.67 Å². The van der Waals surface area contributed by atoms with Crippen LogP contribution in [0.25, 0.3) is 11.4 Å². The highest BCUT2D eigenvalue weighted by Crippen LogP contribution is 2.26. The van der Waals surface area contributed by atoms with Gasteiger partial charge in [0.25, 0.3) is 0 Å². The predicted molar refractivity (Wildman–Crippen MR) is 75.2 cm³/mol. The van der Waals surface area contributed by atoms with Gasteiger partial charge in [-0.15, -0.1) is 0 Å². The normalized spacial score (nSPS) is 12.5. The molecule has 0 spiro atoms. The van der Waals surface area contributed by atoms with Crippen LogP contribution in [-0.2, 0) is 23.4 Å². The molecule has 8 nitrogen and oxygen atoms in total. The van der Waals surface area contributed by atoms with Crippen molar-refractivity contribution in [2.24, 2.45) is 7.05 Å². The minimum atomic E-state index is -4.48. The summed E-state index contributed by atoms with van der Waals surface area (Å²) < 4.78 is 62.9. The van der Waals surface area contributed by atoms with E-state index in [4.69, 9.17) is 5.11 Å². The number of aromatic nitrogens is 4. The van der Waals surface area contributed by atoms with Gasteiger partial charge >= 0.3 is 12.1 Å². The number of carboxylic acid groups (broad SMARTS) is 1. The van der Waals surface area contributed by atoms with Gasteiger partial charge in [-0.2, -0.15) is 18.3 Å². The second-order valence-corrected chi connectivity index (χ2v) is 7.09. The Bertz CT molecular complexity index is 883. The summed E-state index contributed by atoms with van der Waals surface area (Å²) in [5.41, 5.74) is -0.611. The molecule has 24 heavy (non-hydrogen) atoms. The van der Waals surface area contributed by atoms with Crippen LogP contribution in [0.4, 0.5) is 13.2 Å². The molecular weight excluding hydrogens is 353 g/mol. The highest BCUT2D eigenvalue weighted by molar-refractivity contribution is 7.91. The van der Waals surface area contributed by atoms with Gasteiger partial charge in [-0.05, 0) is 0 Å². The molecule has 2 aromatic rings.